The lowest BCUT2D eigenvalue weighted by atomic mass is 9.86. The first-order valence-corrected chi connectivity index (χ1v) is 5.07. The maximum Gasteiger partial charge on any atom is 0.309 e. The van der Waals surface area contributed by atoms with Crippen molar-refractivity contribution in [3.8, 4) is 0 Å². The summed E-state index contributed by atoms with van der Waals surface area (Å²) >= 11 is 0. The summed E-state index contributed by atoms with van der Waals surface area (Å²) < 4.78 is 5.04. The summed E-state index contributed by atoms with van der Waals surface area (Å²) in [6.07, 6.45) is 2.89. The van der Waals surface area contributed by atoms with Gasteiger partial charge in [-0.15, -0.1) is 0 Å². The highest BCUT2D eigenvalue weighted by Crippen LogP contribution is 2.27. The largest absolute Gasteiger partial charge is 0.457 e. The second-order valence-electron chi connectivity index (χ2n) is 3.70. The Labute approximate surface area is 92.2 Å². The predicted octanol–water partition coefficient (Wildman–Crippen LogP) is -0.121. The van der Waals surface area contributed by atoms with Gasteiger partial charge in [0.05, 0.1) is 5.92 Å². The summed E-state index contributed by atoms with van der Waals surface area (Å²) in [6.45, 7) is -0.00769. The maximum absolute atomic E-state index is 11.4. The second-order valence-corrected chi connectivity index (χ2v) is 3.70. The van der Waals surface area contributed by atoms with Crippen LogP contribution in [0.4, 0.5) is 11.9 Å². The number of ether oxygens (including phenoxy) is 1. The Bertz CT molecular complexity index is 385. The number of nitrogens with zero attached hydrogens (tertiary/aromatic N) is 3. The van der Waals surface area contributed by atoms with Gasteiger partial charge >= 0.3 is 5.97 Å². The molecule has 0 saturated heterocycles. The fraction of sp³-hybridized carbons (Fsp3) is 0.556. The van der Waals surface area contributed by atoms with Gasteiger partial charge in [-0.05, 0) is 12.8 Å². The van der Waals surface area contributed by atoms with Crippen LogP contribution >= 0.6 is 0 Å². The van der Waals surface area contributed by atoms with Gasteiger partial charge in [0.2, 0.25) is 11.9 Å². The van der Waals surface area contributed by atoms with Gasteiger partial charge in [0.15, 0.2) is 12.4 Å². The van der Waals surface area contributed by atoms with Gasteiger partial charge in [0, 0.05) is 0 Å². The minimum atomic E-state index is -0.205. The fourth-order valence-corrected chi connectivity index (χ4v) is 1.42. The monoisotopic (exact) mass is 223 g/mol. The SMILES string of the molecule is Nc1nc(N)nc(COC(=O)C2CCC2)n1. The highest BCUT2D eigenvalue weighted by atomic mass is 16.5. The minimum Gasteiger partial charge on any atom is -0.457 e. The van der Waals surface area contributed by atoms with E-state index in [1.807, 2.05) is 0 Å². The van der Waals surface area contributed by atoms with Crippen LogP contribution in [0.3, 0.4) is 0 Å². The standard InChI is InChI=1S/C9H13N5O2/c10-8-12-6(13-9(11)14-8)4-16-7(15)5-2-1-3-5/h5H,1-4H2,(H4,10,11,12,13,14). The van der Waals surface area contributed by atoms with Crippen LogP contribution in [-0.2, 0) is 16.1 Å². The molecule has 0 radical (unpaired) electrons. The number of anilines is 2. The molecular formula is C9H13N5O2. The van der Waals surface area contributed by atoms with Crippen LogP contribution in [0.25, 0.3) is 0 Å². The summed E-state index contributed by atoms with van der Waals surface area (Å²) in [7, 11) is 0. The summed E-state index contributed by atoms with van der Waals surface area (Å²) in [5.41, 5.74) is 10.8. The van der Waals surface area contributed by atoms with E-state index < -0.39 is 0 Å². The first-order valence-electron chi connectivity index (χ1n) is 5.07. The van der Waals surface area contributed by atoms with Crippen molar-refractivity contribution in [2.45, 2.75) is 25.9 Å². The van der Waals surface area contributed by atoms with Crippen LogP contribution in [0.15, 0.2) is 0 Å². The van der Waals surface area contributed by atoms with Gasteiger partial charge in [-0.3, -0.25) is 4.79 Å². The molecule has 0 amide bonds. The molecule has 0 bridgehead atoms. The van der Waals surface area contributed by atoms with E-state index in [1.54, 1.807) is 0 Å². The quantitative estimate of drug-likeness (QED) is 0.686. The van der Waals surface area contributed by atoms with Gasteiger partial charge < -0.3 is 16.2 Å². The Hall–Kier alpha value is -1.92. The molecule has 0 spiro atoms. The molecular weight excluding hydrogens is 210 g/mol. The third-order valence-electron chi connectivity index (χ3n) is 2.50. The lowest BCUT2D eigenvalue weighted by molar-refractivity contribution is -0.153. The van der Waals surface area contributed by atoms with Crippen LogP contribution in [0.2, 0.25) is 0 Å². The average molecular weight is 223 g/mol. The van der Waals surface area contributed by atoms with Crippen LogP contribution in [-0.4, -0.2) is 20.9 Å². The third kappa shape index (κ3) is 2.36. The zero-order valence-electron chi connectivity index (χ0n) is 8.72. The molecule has 0 atom stereocenters. The van der Waals surface area contributed by atoms with E-state index in [1.165, 1.54) is 0 Å². The molecule has 0 unspecified atom stereocenters. The van der Waals surface area contributed by atoms with Crippen molar-refractivity contribution in [1.82, 2.24) is 15.0 Å². The maximum atomic E-state index is 11.4. The van der Waals surface area contributed by atoms with Crippen molar-refractivity contribution < 1.29 is 9.53 Å². The van der Waals surface area contributed by atoms with Gasteiger partial charge in [-0.2, -0.15) is 15.0 Å². The molecule has 0 aromatic carbocycles. The lowest BCUT2D eigenvalue weighted by Gasteiger charge is -2.22. The molecule has 2 rings (SSSR count). The predicted molar refractivity (Wildman–Crippen MR) is 55.8 cm³/mol. The molecule has 1 aromatic rings. The first kappa shape index (κ1) is 10.6. The molecule has 1 aliphatic rings. The highest BCUT2D eigenvalue weighted by molar-refractivity contribution is 5.73. The Kier molecular flexibility index (Phi) is 2.84. The van der Waals surface area contributed by atoms with Crippen molar-refractivity contribution >= 4 is 17.9 Å². The van der Waals surface area contributed by atoms with E-state index in [-0.39, 0.29) is 36.2 Å². The van der Waals surface area contributed by atoms with Gasteiger partial charge in [0.1, 0.15) is 0 Å². The second kappa shape index (κ2) is 4.30. The van der Waals surface area contributed by atoms with Crippen molar-refractivity contribution in [1.29, 1.82) is 0 Å². The molecule has 1 aromatic heterocycles. The van der Waals surface area contributed by atoms with E-state index in [2.05, 4.69) is 15.0 Å². The average Bonchev–Trinajstić information content (AvgIpc) is 2.10. The molecule has 1 saturated carbocycles. The number of nitrogen functional groups attached to an aromatic ring is 2. The molecule has 86 valence electrons. The van der Waals surface area contributed by atoms with Crippen molar-refractivity contribution in [3.63, 3.8) is 0 Å². The van der Waals surface area contributed by atoms with Gasteiger partial charge in [-0.1, -0.05) is 6.42 Å². The number of rotatable bonds is 3. The van der Waals surface area contributed by atoms with Crippen LogP contribution in [0.1, 0.15) is 25.1 Å². The Morgan fingerprint density at radius 2 is 1.88 bits per heavy atom. The van der Waals surface area contributed by atoms with E-state index >= 15 is 0 Å². The zero-order chi connectivity index (χ0) is 11.5. The molecule has 1 heterocycles. The molecule has 16 heavy (non-hydrogen) atoms. The van der Waals surface area contributed by atoms with E-state index in [4.69, 9.17) is 16.2 Å². The smallest absolute Gasteiger partial charge is 0.309 e. The number of aromatic nitrogens is 3. The number of esters is 1. The number of nitrogens with two attached hydrogens (primary N) is 2. The lowest BCUT2D eigenvalue weighted by Crippen LogP contribution is -2.24. The Morgan fingerprint density at radius 3 is 2.38 bits per heavy atom. The van der Waals surface area contributed by atoms with Gasteiger partial charge in [0.25, 0.3) is 0 Å². The molecule has 0 aliphatic heterocycles. The highest BCUT2D eigenvalue weighted by Gasteiger charge is 2.26. The van der Waals surface area contributed by atoms with E-state index in [9.17, 15) is 4.79 Å². The topological polar surface area (TPSA) is 117 Å². The van der Waals surface area contributed by atoms with Crippen LogP contribution < -0.4 is 11.5 Å². The van der Waals surface area contributed by atoms with Crippen LogP contribution in [0.5, 0.6) is 0 Å². The van der Waals surface area contributed by atoms with Crippen molar-refractivity contribution in [2.24, 2.45) is 5.92 Å². The summed E-state index contributed by atoms with van der Waals surface area (Å²) in [5, 5.41) is 0. The number of hydrogen-bond acceptors (Lipinski definition) is 7. The van der Waals surface area contributed by atoms with Crippen molar-refractivity contribution in [3.05, 3.63) is 5.82 Å². The summed E-state index contributed by atoms with van der Waals surface area (Å²) in [4.78, 5) is 22.6. The van der Waals surface area contributed by atoms with E-state index in [0.717, 1.165) is 19.3 Å². The Morgan fingerprint density at radius 1 is 1.25 bits per heavy atom. The van der Waals surface area contributed by atoms with Crippen molar-refractivity contribution in [2.75, 3.05) is 11.5 Å². The fourth-order valence-electron chi connectivity index (χ4n) is 1.42. The summed E-state index contributed by atoms with van der Waals surface area (Å²) in [5.74, 6) is 0.169. The molecule has 4 N–H and O–H groups in total. The Balaban J connectivity index is 1.91. The number of hydrogen-bond donors (Lipinski definition) is 2. The molecule has 1 fully saturated rings. The number of carbonyl (C=O) groups is 1. The number of carbonyl (C=O) groups excluding carboxylic acids is 1. The van der Waals surface area contributed by atoms with Crippen LogP contribution in [0, 0.1) is 5.92 Å². The normalized spacial score (nSPS) is 15.5. The molecule has 7 heteroatoms. The van der Waals surface area contributed by atoms with E-state index in [0.29, 0.717) is 0 Å². The zero-order valence-corrected chi connectivity index (χ0v) is 8.72. The minimum absolute atomic E-state index is 0.00769. The third-order valence-corrected chi connectivity index (χ3v) is 2.50. The van der Waals surface area contributed by atoms with Gasteiger partial charge in [-0.25, -0.2) is 0 Å². The summed E-state index contributed by atoms with van der Waals surface area (Å²) in [6, 6.07) is 0. The molecule has 1 aliphatic carbocycles. The first-order chi connectivity index (χ1) is 7.65. The molecule has 7 nitrogen and oxygen atoms in total.